The minimum absolute atomic E-state index is 0.111. The molecule has 2 amide bonds. The number of hydrazone groups is 1. The quantitative estimate of drug-likeness (QED) is 0.0850. The van der Waals surface area contributed by atoms with Gasteiger partial charge in [-0.3, -0.25) is 9.59 Å². The molecule has 11 heteroatoms. The van der Waals surface area contributed by atoms with Gasteiger partial charge < -0.3 is 19.5 Å². The zero-order chi connectivity index (χ0) is 27.5. The zero-order valence-corrected chi connectivity index (χ0v) is 22.1. The van der Waals surface area contributed by atoms with Gasteiger partial charge in [0.2, 0.25) is 0 Å². The predicted molar refractivity (Wildman–Crippen MR) is 146 cm³/mol. The van der Waals surface area contributed by atoms with E-state index in [1.165, 1.54) is 25.5 Å². The lowest BCUT2D eigenvalue weighted by atomic mass is 10.2. The van der Waals surface area contributed by atoms with Crippen LogP contribution in [0, 0.1) is 0 Å². The number of carbonyl (C=O) groups excluding carboxylic acids is 3. The number of unbranched alkanes of at least 4 members (excludes halogenated alkanes) is 1. The second-order valence-corrected chi connectivity index (χ2v) is 8.57. The van der Waals surface area contributed by atoms with Gasteiger partial charge in [-0.2, -0.15) is 5.10 Å². The van der Waals surface area contributed by atoms with Gasteiger partial charge in [-0.1, -0.05) is 42.6 Å². The summed E-state index contributed by atoms with van der Waals surface area (Å²) >= 11 is 11.9. The molecule has 3 rings (SSSR count). The molecule has 0 atom stereocenters. The van der Waals surface area contributed by atoms with Crippen molar-refractivity contribution in [3.8, 4) is 17.2 Å². The van der Waals surface area contributed by atoms with Crippen molar-refractivity contribution in [2.45, 2.75) is 19.8 Å². The third kappa shape index (κ3) is 7.96. The fourth-order valence-electron chi connectivity index (χ4n) is 3.02. The third-order valence-corrected chi connectivity index (χ3v) is 5.85. The number of nitrogens with one attached hydrogen (secondary N) is 2. The number of halogens is 2. The number of amides is 2. The number of rotatable bonds is 10. The van der Waals surface area contributed by atoms with E-state index < -0.39 is 17.8 Å². The fourth-order valence-corrected chi connectivity index (χ4v) is 3.37. The van der Waals surface area contributed by atoms with E-state index in [1.54, 1.807) is 48.5 Å². The van der Waals surface area contributed by atoms with E-state index in [9.17, 15) is 14.4 Å². The van der Waals surface area contributed by atoms with Crippen LogP contribution in [-0.4, -0.2) is 37.7 Å². The van der Waals surface area contributed by atoms with Crippen LogP contribution in [0.4, 0.5) is 5.69 Å². The monoisotopic (exact) mass is 557 g/mol. The van der Waals surface area contributed by atoms with Crippen molar-refractivity contribution in [3.63, 3.8) is 0 Å². The minimum Gasteiger partial charge on any atom is -0.494 e. The number of methoxy groups -OCH3 is 1. The van der Waals surface area contributed by atoms with Gasteiger partial charge in [0.15, 0.2) is 11.5 Å². The normalized spacial score (nSPS) is 10.6. The van der Waals surface area contributed by atoms with Crippen LogP contribution >= 0.6 is 23.2 Å². The molecular weight excluding hydrogens is 533 g/mol. The highest BCUT2D eigenvalue weighted by atomic mass is 35.5. The Balaban J connectivity index is 1.57. The van der Waals surface area contributed by atoms with Crippen LogP contribution < -0.4 is 25.0 Å². The second kappa shape index (κ2) is 14.0. The SMILES string of the molecule is CCCCOc1ccc(C(=O)Oc2ccc(C=NNC(=O)C(=O)Nc3cccc(Cl)c3Cl)cc2OC)cc1. The topological polar surface area (TPSA) is 115 Å². The summed E-state index contributed by atoms with van der Waals surface area (Å²) in [7, 11) is 1.42. The van der Waals surface area contributed by atoms with Crippen molar-refractivity contribution in [1.29, 1.82) is 0 Å². The summed E-state index contributed by atoms with van der Waals surface area (Å²) in [6.07, 6.45) is 3.28. The van der Waals surface area contributed by atoms with Crippen LogP contribution in [-0.2, 0) is 9.59 Å². The molecule has 3 aromatic carbocycles. The molecule has 0 unspecified atom stereocenters. The standard InChI is InChI=1S/C27H25Cl2N3O6/c1-3-4-14-37-19-11-9-18(10-12-19)27(35)38-22-13-8-17(15-23(22)36-2)16-30-32-26(34)25(33)31-21-7-5-6-20(28)24(21)29/h5-13,15-16H,3-4,14H2,1-2H3,(H,31,33)(H,32,34). The molecule has 0 aliphatic heterocycles. The lowest BCUT2D eigenvalue weighted by Crippen LogP contribution is -2.32. The Morgan fingerprint density at radius 2 is 1.74 bits per heavy atom. The number of hydrogen-bond donors (Lipinski definition) is 2. The van der Waals surface area contributed by atoms with Gasteiger partial charge in [0.05, 0.1) is 41.2 Å². The first-order chi connectivity index (χ1) is 18.3. The molecule has 0 spiro atoms. The number of hydrogen-bond acceptors (Lipinski definition) is 7. The lowest BCUT2D eigenvalue weighted by Gasteiger charge is -2.10. The van der Waals surface area contributed by atoms with E-state index in [0.29, 0.717) is 23.5 Å². The third-order valence-electron chi connectivity index (χ3n) is 5.03. The highest BCUT2D eigenvalue weighted by Crippen LogP contribution is 2.30. The molecule has 9 nitrogen and oxygen atoms in total. The molecule has 3 aromatic rings. The van der Waals surface area contributed by atoms with Gasteiger partial charge in [0.25, 0.3) is 0 Å². The summed E-state index contributed by atoms with van der Waals surface area (Å²) in [6.45, 7) is 2.69. The Kier molecular flexibility index (Phi) is 10.5. The number of anilines is 1. The predicted octanol–water partition coefficient (Wildman–Crippen LogP) is 5.49. The first-order valence-electron chi connectivity index (χ1n) is 11.5. The Labute approximate surface area is 229 Å². The molecule has 2 N–H and O–H groups in total. The van der Waals surface area contributed by atoms with Crippen molar-refractivity contribution >= 4 is 52.9 Å². The minimum atomic E-state index is -1.02. The summed E-state index contributed by atoms with van der Waals surface area (Å²) in [6, 6.07) is 16.0. The summed E-state index contributed by atoms with van der Waals surface area (Å²) in [5.41, 5.74) is 3.16. The van der Waals surface area contributed by atoms with E-state index in [1.807, 2.05) is 0 Å². The molecule has 0 fully saturated rings. The van der Waals surface area contributed by atoms with Gasteiger partial charge in [-0.15, -0.1) is 0 Å². The first-order valence-corrected chi connectivity index (χ1v) is 12.3. The lowest BCUT2D eigenvalue weighted by molar-refractivity contribution is -0.136. The highest BCUT2D eigenvalue weighted by Gasteiger charge is 2.16. The van der Waals surface area contributed by atoms with E-state index in [-0.39, 0.29) is 27.2 Å². The van der Waals surface area contributed by atoms with E-state index in [0.717, 1.165) is 12.8 Å². The van der Waals surface area contributed by atoms with E-state index >= 15 is 0 Å². The van der Waals surface area contributed by atoms with Crippen LogP contribution in [0.15, 0.2) is 65.8 Å². The van der Waals surface area contributed by atoms with Crippen molar-refractivity contribution in [2.75, 3.05) is 19.0 Å². The average Bonchev–Trinajstić information content (AvgIpc) is 2.92. The Morgan fingerprint density at radius 1 is 0.974 bits per heavy atom. The van der Waals surface area contributed by atoms with Crippen molar-refractivity contribution in [3.05, 3.63) is 81.8 Å². The molecule has 0 radical (unpaired) electrons. The number of ether oxygens (including phenoxy) is 3. The largest absolute Gasteiger partial charge is 0.494 e. The number of esters is 1. The first kappa shape index (κ1) is 28.5. The summed E-state index contributed by atoms with van der Waals surface area (Å²) < 4.78 is 16.4. The maximum Gasteiger partial charge on any atom is 0.343 e. The fraction of sp³-hybridized carbons (Fsp3) is 0.185. The number of nitrogens with zero attached hydrogens (tertiary/aromatic N) is 1. The van der Waals surface area contributed by atoms with Crippen molar-refractivity contribution in [1.82, 2.24) is 5.43 Å². The molecule has 0 aliphatic carbocycles. The van der Waals surface area contributed by atoms with Crippen LogP contribution in [0.3, 0.4) is 0 Å². The molecular formula is C27H25Cl2N3O6. The van der Waals surface area contributed by atoms with Crippen LogP contribution in [0.2, 0.25) is 10.0 Å². The van der Waals surface area contributed by atoms with E-state index in [4.69, 9.17) is 37.4 Å². The summed E-state index contributed by atoms with van der Waals surface area (Å²) in [4.78, 5) is 36.7. The van der Waals surface area contributed by atoms with Crippen molar-refractivity contribution in [2.24, 2.45) is 5.10 Å². The number of carbonyl (C=O) groups is 3. The smallest absolute Gasteiger partial charge is 0.343 e. The number of benzene rings is 3. The molecule has 0 aromatic heterocycles. The average molecular weight is 558 g/mol. The van der Waals surface area contributed by atoms with Gasteiger partial charge >= 0.3 is 17.8 Å². The highest BCUT2D eigenvalue weighted by molar-refractivity contribution is 6.45. The van der Waals surface area contributed by atoms with E-state index in [2.05, 4.69) is 22.8 Å². The van der Waals surface area contributed by atoms with Crippen LogP contribution in [0.5, 0.6) is 17.2 Å². The van der Waals surface area contributed by atoms with Crippen LogP contribution in [0.25, 0.3) is 0 Å². The molecule has 0 saturated carbocycles. The molecule has 0 heterocycles. The Hall–Kier alpha value is -4.08. The molecule has 0 bridgehead atoms. The zero-order valence-electron chi connectivity index (χ0n) is 20.6. The maximum absolute atomic E-state index is 12.6. The maximum atomic E-state index is 12.6. The summed E-state index contributed by atoms with van der Waals surface area (Å²) in [5.74, 6) is -1.43. The van der Waals surface area contributed by atoms with Gasteiger partial charge in [0.1, 0.15) is 5.75 Å². The molecule has 0 saturated heterocycles. The van der Waals surface area contributed by atoms with Gasteiger partial charge in [-0.25, -0.2) is 10.2 Å². The second-order valence-electron chi connectivity index (χ2n) is 7.78. The Bertz CT molecular complexity index is 1330. The molecule has 38 heavy (non-hydrogen) atoms. The van der Waals surface area contributed by atoms with Gasteiger partial charge in [0, 0.05) is 0 Å². The Morgan fingerprint density at radius 3 is 2.45 bits per heavy atom. The van der Waals surface area contributed by atoms with Gasteiger partial charge in [-0.05, 0) is 66.6 Å². The van der Waals surface area contributed by atoms with Crippen LogP contribution in [0.1, 0.15) is 35.7 Å². The summed E-state index contributed by atoms with van der Waals surface area (Å²) in [5, 5.41) is 6.47. The van der Waals surface area contributed by atoms with Crippen molar-refractivity contribution < 1.29 is 28.6 Å². The molecule has 198 valence electrons. The molecule has 0 aliphatic rings.